The topological polar surface area (TPSA) is 47.6 Å². The van der Waals surface area contributed by atoms with Gasteiger partial charge in [-0.05, 0) is 43.2 Å². The molecule has 0 aliphatic rings. The molecule has 0 spiro atoms. The molecule has 0 fully saturated rings. The van der Waals surface area contributed by atoms with Gasteiger partial charge in [-0.2, -0.15) is 0 Å². The first-order chi connectivity index (χ1) is 11.2. The number of hydrogen-bond donors (Lipinski definition) is 1. The Morgan fingerprint density at radius 2 is 1.74 bits per heavy atom. The molecule has 0 aromatic heterocycles. The second-order valence-electron chi connectivity index (χ2n) is 5.33. The maximum atomic E-state index is 12.0. The Morgan fingerprint density at radius 3 is 2.39 bits per heavy atom. The first-order valence-electron chi connectivity index (χ1n) is 7.80. The van der Waals surface area contributed by atoms with Crippen molar-refractivity contribution < 1.29 is 14.3 Å². The summed E-state index contributed by atoms with van der Waals surface area (Å²) in [6.45, 7) is 2.51. The molecule has 0 heterocycles. The van der Waals surface area contributed by atoms with Crippen molar-refractivity contribution in [3.05, 3.63) is 60.2 Å². The molecule has 1 amide bonds. The van der Waals surface area contributed by atoms with Crippen LogP contribution >= 0.6 is 0 Å². The molecule has 0 saturated carbocycles. The average molecular weight is 313 g/mol. The second-order valence-corrected chi connectivity index (χ2v) is 5.33. The van der Waals surface area contributed by atoms with E-state index in [0.717, 1.165) is 17.1 Å². The number of para-hydroxylation sites is 1. The van der Waals surface area contributed by atoms with Crippen LogP contribution in [0.3, 0.4) is 0 Å². The summed E-state index contributed by atoms with van der Waals surface area (Å²) in [5.74, 6) is 1.68. The molecule has 0 saturated heterocycles. The third kappa shape index (κ3) is 5.66. The third-order valence-corrected chi connectivity index (χ3v) is 3.55. The summed E-state index contributed by atoms with van der Waals surface area (Å²) in [7, 11) is 1.64. The van der Waals surface area contributed by atoms with Gasteiger partial charge in [-0.15, -0.1) is 0 Å². The fraction of sp³-hybridized carbons (Fsp3) is 0.316. The minimum absolute atomic E-state index is 0.0246. The molecule has 2 rings (SSSR count). The van der Waals surface area contributed by atoms with Gasteiger partial charge in [0.15, 0.2) is 0 Å². The summed E-state index contributed by atoms with van der Waals surface area (Å²) < 4.78 is 10.7. The van der Waals surface area contributed by atoms with Crippen LogP contribution < -0.4 is 14.8 Å². The van der Waals surface area contributed by atoms with Gasteiger partial charge in [-0.1, -0.05) is 30.3 Å². The third-order valence-electron chi connectivity index (χ3n) is 3.55. The fourth-order valence-corrected chi connectivity index (χ4v) is 2.23. The molecule has 0 radical (unpaired) electrons. The molecule has 122 valence electrons. The van der Waals surface area contributed by atoms with E-state index >= 15 is 0 Å². The van der Waals surface area contributed by atoms with Crippen LogP contribution in [-0.2, 0) is 4.79 Å². The van der Waals surface area contributed by atoms with E-state index in [1.807, 2.05) is 61.5 Å². The molecule has 2 aromatic rings. The van der Waals surface area contributed by atoms with Crippen molar-refractivity contribution in [2.45, 2.75) is 25.8 Å². The molecule has 1 atom stereocenters. The minimum Gasteiger partial charge on any atom is -0.497 e. The highest BCUT2D eigenvalue weighted by atomic mass is 16.5. The lowest BCUT2D eigenvalue weighted by Gasteiger charge is -2.15. The van der Waals surface area contributed by atoms with Crippen molar-refractivity contribution in [2.75, 3.05) is 13.7 Å². The SMILES string of the molecule is COc1ccc([C@H](C)NC(=O)CCCOc2ccccc2)cc1. The number of rotatable bonds is 8. The second kappa shape index (κ2) is 8.83. The van der Waals surface area contributed by atoms with Crippen LogP contribution in [0.1, 0.15) is 31.4 Å². The van der Waals surface area contributed by atoms with Crippen LogP contribution in [0.25, 0.3) is 0 Å². The lowest BCUT2D eigenvalue weighted by Crippen LogP contribution is -2.26. The van der Waals surface area contributed by atoms with Gasteiger partial charge in [0, 0.05) is 6.42 Å². The smallest absolute Gasteiger partial charge is 0.220 e. The van der Waals surface area contributed by atoms with E-state index in [-0.39, 0.29) is 11.9 Å². The van der Waals surface area contributed by atoms with Crippen molar-refractivity contribution in [1.82, 2.24) is 5.32 Å². The van der Waals surface area contributed by atoms with Gasteiger partial charge in [0.25, 0.3) is 0 Å². The fourth-order valence-electron chi connectivity index (χ4n) is 2.23. The summed E-state index contributed by atoms with van der Waals surface area (Å²) in [5.41, 5.74) is 1.06. The Balaban J connectivity index is 1.69. The van der Waals surface area contributed by atoms with Gasteiger partial charge in [-0.25, -0.2) is 0 Å². The van der Waals surface area contributed by atoms with Gasteiger partial charge in [-0.3, -0.25) is 4.79 Å². The number of amides is 1. The van der Waals surface area contributed by atoms with Gasteiger partial charge >= 0.3 is 0 Å². The highest BCUT2D eigenvalue weighted by Crippen LogP contribution is 2.17. The number of benzene rings is 2. The van der Waals surface area contributed by atoms with Crippen molar-refractivity contribution >= 4 is 5.91 Å². The van der Waals surface area contributed by atoms with Crippen LogP contribution in [0.15, 0.2) is 54.6 Å². The summed E-state index contributed by atoms with van der Waals surface area (Å²) in [6, 6.07) is 17.3. The quantitative estimate of drug-likeness (QED) is 0.755. The maximum Gasteiger partial charge on any atom is 0.220 e. The molecule has 0 aliphatic carbocycles. The predicted octanol–water partition coefficient (Wildman–Crippen LogP) is 3.73. The molecule has 2 aromatic carbocycles. The molecule has 4 heteroatoms. The van der Waals surface area contributed by atoms with E-state index in [0.29, 0.717) is 19.4 Å². The average Bonchev–Trinajstić information content (AvgIpc) is 2.59. The van der Waals surface area contributed by atoms with Gasteiger partial charge in [0.2, 0.25) is 5.91 Å². The zero-order valence-electron chi connectivity index (χ0n) is 13.6. The highest BCUT2D eigenvalue weighted by molar-refractivity contribution is 5.76. The lowest BCUT2D eigenvalue weighted by atomic mass is 10.1. The summed E-state index contributed by atoms with van der Waals surface area (Å²) in [4.78, 5) is 12.0. The van der Waals surface area contributed by atoms with Crippen molar-refractivity contribution in [3.8, 4) is 11.5 Å². The molecular formula is C19H23NO3. The standard InChI is InChI=1S/C19H23NO3/c1-15(16-10-12-17(22-2)13-11-16)20-19(21)9-6-14-23-18-7-4-3-5-8-18/h3-5,7-8,10-13,15H,6,9,14H2,1-2H3,(H,20,21)/t15-/m0/s1. The number of nitrogens with one attached hydrogen (secondary N) is 1. The van der Waals surface area contributed by atoms with Crippen molar-refractivity contribution in [1.29, 1.82) is 0 Å². The van der Waals surface area contributed by atoms with E-state index < -0.39 is 0 Å². The van der Waals surface area contributed by atoms with E-state index in [2.05, 4.69) is 5.32 Å². The van der Waals surface area contributed by atoms with Crippen molar-refractivity contribution in [2.24, 2.45) is 0 Å². The number of hydrogen-bond acceptors (Lipinski definition) is 3. The molecule has 0 bridgehead atoms. The Labute approximate surface area is 137 Å². The monoisotopic (exact) mass is 313 g/mol. The molecule has 4 nitrogen and oxygen atoms in total. The van der Waals surface area contributed by atoms with E-state index in [9.17, 15) is 4.79 Å². The van der Waals surface area contributed by atoms with Crippen LogP contribution in [-0.4, -0.2) is 19.6 Å². The molecule has 23 heavy (non-hydrogen) atoms. The Bertz CT molecular complexity index is 596. The van der Waals surface area contributed by atoms with Crippen LogP contribution in [0, 0.1) is 0 Å². The number of ether oxygens (including phenoxy) is 2. The first-order valence-corrected chi connectivity index (χ1v) is 7.80. The summed E-state index contributed by atoms with van der Waals surface area (Å²) in [5, 5.41) is 3.00. The summed E-state index contributed by atoms with van der Waals surface area (Å²) >= 11 is 0. The lowest BCUT2D eigenvalue weighted by molar-refractivity contribution is -0.121. The number of carbonyl (C=O) groups excluding carboxylic acids is 1. The molecular weight excluding hydrogens is 290 g/mol. The predicted molar refractivity (Wildman–Crippen MR) is 90.7 cm³/mol. The van der Waals surface area contributed by atoms with Gasteiger partial charge in [0.1, 0.15) is 11.5 Å². The zero-order chi connectivity index (χ0) is 16.5. The summed E-state index contributed by atoms with van der Waals surface area (Å²) in [6.07, 6.45) is 1.14. The molecule has 1 N–H and O–H groups in total. The van der Waals surface area contributed by atoms with Crippen molar-refractivity contribution in [3.63, 3.8) is 0 Å². The van der Waals surface area contributed by atoms with E-state index in [4.69, 9.17) is 9.47 Å². The van der Waals surface area contributed by atoms with Crippen LogP contribution in [0.2, 0.25) is 0 Å². The minimum atomic E-state index is -0.0246. The largest absolute Gasteiger partial charge is 0.497 e. The van der Waals surface area contributed by atoms with Crippen LogP contribution in [0.5, 0.6) is 11.5 Å². The van der Waals surface area contributed by atoms with E-state index in [1.54, 1.807) is 7.11 Å². The maximum absolute atomic E-state index is 12.0. The Kier molecular flexibility index (Phi) is 6.48. The van der Waals surface area contributed by atoms with Crippen LogP contribution in [0.4, 0.5) is 0 Å². The highest BCUT2D eigenvalue weighted by Gasteiger charge is 2.09. The normalized spacial score (nSPS) is 11.6. The number of methoxy groups -OCH3 is 1. The number of carbonyl (C=O) groups is 1. The molecule has 0 aliphatic heterocycles. The first kappa shape index (κ1) is 16.9. The van der Waals surface area contributed by atoms with E-state index in [1.165, 1.54) is 0 Å². The van der Waals surface area contributed by atoms with Gasteiger partial charge < -0.3 is 14.8 Å². The van der Waals surface area contributed by atoms with Gasteiger partial charge in [0.05, 0.1) is 19.8 Å². The zero-order valence-corrected chi connectivity index (χ0v) is 13.6. The Morgan fingerprint density at radius 1 is 1.04 bits per heavy atom. The molecule has 0 unspecified atom stereocenters. The Hall–Kier alpha value is -2.49.